The molecular weight excluding hydrogens is 246 g/mol. The van der Waals surface area contributed by atoms with E-state index in [0.29, 0.717) is 6.04 Å². The third-order valence-corrected chi connectivity index (χ3v) is 3.58. The molecule has 18 heavy (non-hydrogen) atoms. The summed E-state index contributed by atoms with van der Waals surface area (Å²) < 4.78 is 5.24. The fourth-order valence-corrected chi connectivity index (χ4v) is 2.53. The first-order chi connectivity index (χ1) is 8.38. The molecule has 1 N–H and O–H groups in total. The summed E-state index contributed by atoms with van der Waals surface area (Å²) in [7, 11) is 1.72. The highest BCUT2D eigenvalue weighted by atomic mass is 35.5. The van der Waals surface area contributed by atoms with Gasteiger partial charge in [0, 0.05) is 12.6 Å². The zero-order valence-corrected chi connectivity index (χ0v) is 12.0. The molecule has 3 heteroatoms. The van der Waals surface area contributed by atoms with E-state index in [-0.39, 0.29) is 12.4 Å². The molecule has 1 saturated carbocycles. The van der Waals surface area contributed by atoms with Gasteiger partial charge in [-0.05, 0) is 30.5 Å². The average Bonchev–Trinajstić information content (AvgIpc) is 2.65. The maximum absolute atomic E-state index is 5.24. The monoisotopic (exact) mass is 269 g/mol. The number of nitrogens with one attached hydrogen (secondary N) is 1. The van der Waals surface area contributed by atoms with Crippen molar-refractivity contribution in [1.82, 2.24) is 5.32 Å². The Hall–Kier alpha value is -0.730. The zero-order valence-electron chi connectivity index (χ0n) is 11.2. The molecule has 1 aliphatic rings. The van der Waals surface area contributed by atoms with Gasteiger partial charge in [0.05, 0.1) is 7.11 Å². The van der Waals surface area contributed by atoms with Crippen LogP contribution < -0.4 is 10.1 Å². The van der Waals surface area contributed by atoms with Crippen LogP contribution in [0.15, 0.2) is 24.3 Å². The summed E-state index contributed by atoms with van der Waals surface area (Å²) in [6, 6.07) is 9.04. The molecule has 0 spiro atoms. The molecule has 2 rings (SSSR count). The second-order valence-electron chi connectivity index (χ2n) is 4.92. The van der Waals surface area contributed by atoms with Gasteiger partial charge in [0.15, 0.2) is 0 Å². The number of halogens is 1. The Morgan fingerprint density at radius 3 is 2.56 bits per heavy atom. The van der Waals surface area contributed by atoms with Crippen molar-refractivity contribution in [2.75, 3.05) is 7.11 Å². The summed E-state index contributed by atoms with van der Waals surface area (Å²) in [6.07, 6.45) is 8.27. The summed E-state index contributed by atoms with van der Waals surface area (Å²) in [6.45, 7) is 0.960. The van der Waals surface area contributed by atoms with E-state index in [1.807, 2.05) is 6.07 Å². The molecular formula is C15H24ClNO. The van der Waals surface area contributed by atoms with Crippen LogP contribution in [0.25, 0.3) is 0 Å². The Kier molecular flexibility index (Phi) is 7.14. The van der Waals surface area contributed by atoms with Crippen LogP contribution in [0.4, 0.5) is 0 Å². The minimum Gasteiger partial charge on any atom is -0.497 e. The van der Waals surface area contributed by atoms with Gasteiger partial charge >= 0.3 is 0 Å². The lowest BCUT2D eigenvalue weighted by Gasteiger charge is -2.16. The van der Waals surface area contributed by atoms with Crippen LogP contribution in [0.3, 0.4) is 0 Å². The van der Waals surface area contributed by atoms with Crippen molar-refractivity contribution >= 4 is 12.4 Å². The van der Waals surface area contributed by atoms with Gasteiger partial charge in [-0.15, -0.1) is 12.4 Å². The van der Waals surface area contributed by atoms with Crippen molar-refractivity contribution in [2.45, 2.75) is 51.1 Å². The molecule has 1 aliphatic carbocycles. The Bertz CT molecular complexity index is 335. The summed E-state index contributed by atoms with van der Waals surface area (Å²) >= 11 is 0. The number of rotatable bonds is 4. The zero-order chi connectivity index (χ0) is 11.9. The standard InChI is InChI=1S/C15H23NO.ClH/c1-17-15-10-6-7-13(11-15)12-16-14-8-4-2-3-5-9-14;/h6-7,10-11,14,16H,2-5,8-9,12H2,1H3;1H. The normalized spacial score (nSPS) is 16.7. The summed E-state index contributed by atoms with van der Waals surface area (Å²) in [5, 5.41) is 3.67. The lowest BCUT2D eigenvalue weighted by Crippen LogP contribution is -2.27. The van der Waals surface area contributed by atoms with E-state index >= 15 is 0 Å². The second kappa shape index (κ2) is 8.39. The molecule has 0 saturated heterocycles. The number of methoxy groups -OCH3 is 1. The van der Waals surface area contributed by atoms with Crippen LogP contribution in [0.1, 0.15) is 44.1 Å². The molecule has 1 fully saturated rings. The fraction of sp³-hybridized carbons (Fsp3) is 0.600. The molecule has 0 heterocycles. The van der Waals surface area contributed by atoms with Gasteiger partial charge in [0.25, 0.3) is 0 Å². The topological polar surface area (TPSA) is 21.3 Å². The first kappa shape index (κ1) is 15.3. The molecule has 0 radical (unpaired) electrons. The highest BCUT2D eigenvalue weighted by Crippen LogP contribution is 2.18. The van der Waals surface area contributed by atoms with E-state index < -0.39 is 0 Å². The van der Waals surface area contributed by atoms with Gasteiger partial charge in [-0.3, -0.25) is 0 Å². The highest BCUT2D eigenvalue weighted by Gasteiger charge is 2.11. The van der Waals surface area contributed by atoms with Crippen LogP contribution in [0, 0.1) is 0 Å². The molecule has 0 bridgehead atoms. The molecule has 2 nitrogen and oxygen atoms in total. The third kappa shape index (κ3) is 4.87. The van der Waals surface area contributed by atoms with Crippen LogP contribution in [0.2, 0.25) is 0 Å². The molecule has 102 valence electrons. The van der Waals surface area contributed by atoms with Gasteiger partial charge in [0.2, 0.25) is 0 Å². The van der Waals surface area contributed by atoms with Gasteiger partial charge in [-0.1, -0.05) is 37.8 Å². The van der Waals surface area contributed by atoms with Gasteiger partial charge in [-0.25, -0.2) is 0 Å². The quantitative estimate of drug-likeness (QED) is 0.837. The smallest absolute Gasteiger partial charge is 0.119 e. The van der Waals surface area contributed by atoms with Gasteiger partial charge in [0.1, 0.15) is 5.75 Å². The number of benzene rings is 1. The maximum atomic E-state index is 5.24. The molecule has 1 aromatic carbocycles. The Labute approximate surface area is 117 Å². The molecule has 0 atom stereocenters. The van der Waals surface area contributed by atoms with E-state index in [1.54, 1.807) is 7.11 Å². The Morgan fingerprint density at radius 2 is 1.89 bits per heavy atom. The van der Waals surface area contributed by atoms with E-state index in [4.69, 9.17) is 4.74 Å². The predicted molar refractivity (Wildman–Crippen MR) is 78.6 cm³/mol. The lowest BCUT2D eigenvalue weighted by atomic mass is 10.1. The molecule has 0 amide bonds. The molecule has 0 aromatic heterocycles. The van der Waals surface area contributed by atoms with Crippen molar-refractivity contribution in [3.63, 3.8) is 0 Å². The van der Waals surface area contributed by atoms with E-state index in [0.717, 1.165) is 12.3 Å². The van der Waals surface area contributed by atoms with Crippen molar-refractivity contribution in [3.8, 4) is 5.75 Å². The minimum atomic E-state index is 0. The second-order valence-corrected chi connectivity index (χ2v) is 4.92. The van der Waals surface area contributed by atoms with Crippen molar-refractivity contribution in [3.05, 3.63) is 29.8 Å². The average molecular weight is 270 g/mol. The SMILES string of the molecule is COc1cccc(CNC2CCCCCC2)c1.Cl. The highest BCUT2D eigenvalue weighted by molar-refractivity contribution is 5.85. The Balaban J connectivity index is 0.00000162. The number of hydrogen-bond acceptors (Lipinski definition) is 2. The van der Waals surface area contributed by atoms with Crippen LogP contribution in [0.5, 0.6) is 5.75 Å². The predicted octanol–water partition coefficient (Wildman–Crippen LogP) is 3.93. The first-order valence-electron chi connectivity index (χ1n) is 6.75. The van der Waals surface area contributed by atoms with Crippen LogP contribution in [-0.4, -0.2) is 13.2 Å². The summed E-state index contributed by atoms with van der Waals surface area (Å²) in [5.41, 5.74) is 1.31. The number of ether oxygens (including phenoxy) is 1. The van der Waals surface area contributed by atoms with Gasteiger partial charge in [-0.2, -0.15) is 0 Å². The maximum Gasteiger partial charge on any atom is 0.119 e. The van der Waals surface area contributed by atoms with E-state index in [1.165, 1.54) is 44.1 Å². The lowest BCUT2D eigenvalue weighted by molar-refractivity contribution is 0.413. The summed E-state index contributed by atoms with van der Waals surface area (Å²) in [4.78, 5) is 0. The molecule has 0 unspecified atom stereocenters. The van der Waals surface area contributed by atoms with Crippen LogP contribution in [-0.2, 0) is 6.54 Å². The van der Waals surface area contributed by atoms with Crippen molar-refractivity contribution in [1.29, 1.82) is 0 Å². The Morgan fingerprint density at radius 1 is 1.17 bits per heavy atom. The van der Waals surface area contributed by atoms with Crippen molar-refractivity contribution < 1.29 is 4.74 Å². The molecule has 1 aromatic rings. The minimum absolute atomic E-state index is 0. The summed E-state index contributed by atoms with van der Waals surface area (Å²) in [5.74, 6) is 0.949. The van der Waals surface area contributed by atoms with Gasteiger partial charge < -0.3 is 10.1 Å². The fourth-order valence-electron chi connectivity index (χ4n) is 2.53. The first-order valence-corrected chi connectivity index (χ1v) is 6.75. The van der Waals surface area contributed by atoms with E-state index in [9.17, 15) is 0 Å². The molecule has 0 aliphatic heterocycles. The number of hydrogen-bond donors (Lipinski definition) is 1. The van der Waals surface area contributed by atoms with Crippen LogP contribution >= 0.6 is 12.4 Å². The largest absolute Gasteiger partial charge is 0.497 e. The third-order valence-electron chi connectivity index (χ3n) is 3.58. The van der Waals surface area contributed by atoms with E-state index in [2.05, 4.69) is 23.5 Å². The van der Waals surface area contributed by atoms with Crippen molar-refractivity contribution in [2.24, 2.45) is 0 Å².